The van der Waals surface area contributed by atoms with Gasteiger partial charge in [0, 0.05) is 12.6 Å². The van der Waals surface area contributed by atoms with Crippen LogP contribution in [0, 0.1) is 11.3 Å². The van der Waals surface area contributed by atoms with E-state index in [2.05, 4.69) is 11.4 Å². The van der Waals surface area contributed by atoms with Crippen LogP contribution in [-0.2, 0) is 14.8 Å². The van der Waals surface area contributed by atoms with Crippen molar-refractivity contribution in [3.05, 3.63) is 24.3 Å². The normalized spacial score (nSPS) is 16.7. The lowest BCUT2D eigenvalue weighted by Crippen LogP contribution is -3.14. The first-order chi connectivity index (χ1) is 10.9. The lowest BCUT2D eigenvalue weighted by molar-refractivity contribution is -0.903. The summed E-state index contributed by atoms with van der Waals surface area (Å²) in [5.74, 6) is -0.197. The minimum atomic E-state index is -3.51. The molecule has 124 valence electrons. The Labute approximate surface area is 136 Å². The van der Waals surface area contributed by atoms with E-state index in [-0.39, 0.29) is 10.8 Å². The highest BCUT2D eigenvalue weighted by Gasteiger charge is 2.30. The Hall–Kier alpha value is -1.95. The topological polar surface area (TPSA) is 94.7 Å². The van der Waals surface area contributed by atoms with Gasteiger partial charge in [0.2, 0.25) is 15.9 Å². The fraction of sp³-hybridized carbons (Fsp3) is 0.467. The number of carbonyl (C=O) groups is 1. The Morgan fingerprint density at radius 3 is 2.43 bits per heavy atom. The largest absolute Gasteiger partial charge is 0.332 e. The third-order valence-electron chi connectivity index (χ3n) is 3.83. The molecule has 0 aromatic heterocycles. The van der Waals surface area contributed by atoms with Crippen LogP contribution < -0.4 is 10.2 Å². The molecule has 1 saturated heterocycles. The zero-order valence-electron chi connectivity index (χ0n) is 13.1. The van der Waals surface area contributed by atoms with Crippen molar-refractivity contribution in [1.82, 2.24) is 4.31 Å². The summed E-state index contributed by atoms with van der Waals surface area (Å²) < 4.78 is 26.7. The molecule has 23 heavy (non-hydrogen) atoms. The molecule has 1 aliphatic rings. The lowest BCUT2D eigenvalue weighted by atomic mass is 10.3. The molecule has 0 radical (unpaired) electrons. The van der Waals surface area contributed by atoms with E-state index in [9.17, 15) is 13.2 Å². The van der Waals surface area contributed by atoms with Crippen molar-refractivity contribution < 1.29 is 18.1 Å². The molecule has 1 fully saturated rings. The minimum Gasteiger partial charge on any atom is -0.332 e. The van der Waals surface area contributed by atoms with Crippen LogP contribution in [0.5, 0.6) is 0 Å². The number of hydrogen-bond donors (Lipinski definition) is 2. The van der Waals surface area contributed by atoms with Crippen LogP contribution >= 0.6 is 0 Å². The SMILES string of the molecule is CC(=O)Nc1ccc(S(=O)(=O)N2CC[NH+](CCC#N)CC2)cc1. The number of amides is 1. The summed E-state index contributed by atoms with van der Waals surface area (Å²) in [6.45, 7) is 4.50. The van der Waals surface area contributed by atoms with Crippen LogP contribution in [0.3, 0.4) is 0 Å². The van der Waals surface area contributed by atoms with E-state index >= 15 is 0 Å². The van der Waals surface area contributed by atoms with E-state index in [4.69, 9.17) is 5.26 Å². The van der Waals surface area contributed by atoms with E-state index < -0.39 is 10.0 Å². The number of rotatable bonds is 5. The van der Waals surface area contributed by atoms with Gasteiger partial charge >= 0.3 is 0 Å². The number of nitrogens with zero attached hydrogens (tertiary/aromatic N) is 2. The van der Waals surface area contributed by atoms with E-state index in [1.54, 1.807) is 12.1 Å². The summed E-state index contributed by atoms with van der Waals surface area (Å²) >= 11 is 0. The average molecular weight is 337 g/mol. The number of carbonyl (C=O) groups excluding carboxylic acids is 1. The van der Waals surface area contributed by atoms with Gasteiger partial charge in [-0.05, 0) is 24.3 Å². The van der Waals surface area contributed by atoms with Gasteiger partial charge in [-0.15, -0.1) is 0 Å². The Morgan fingerprint density at radius 1 is 1.30 bits per heavy atom. The maximum atomic E-state index is 12.6. The number of quaternary nitrogens is 1. The molecule has 0 atom stereocenters. The summed E-state index contributed by atoms with van der Waals surface area (Å²) in [5.41, 5.74) is 0.571. The molecule has 1 amide bonds. The number of hydrogen-bond acceptors (Lipinski definition) is 4. The maximum absolute atomic E-state index is 12.6. The molecule has 2 N–H and O–H groups in total. The van der Waals surface area contributed by atoms with Crippen LogP contribution in [-0.4, -0.2) is 51.4 Å². The van der Waals surface area contributed by atoms with Gasteiger partial charge in [-0.2, -0.15) is 9.57 Å². The maximum Gasteiger partial charge on any atom is 0.243 e. The lowest BCUT2D eigenvalue weighted by Gasteiger charge is -2.31. The summed E-state index contributed by atoms with van der Waals surface area (Å²) in [6, 6.07) is 8.31. The van der Waals surface area contributed by atoms with Gasteiger partial charge in [0.25, 0.3) is 0 Å². The molecule has 2 rings (SSSR count). The number of anilines is 1. The molecule has 1 aromatic carbocycles. The van der Waals surface area contributed by atoms with E-state index in [0.717, 1.165) is 6.54 Å². The Kier molecular flexibility index (Phi) is 5.71. The van der Waals surface area contributed by atoms with E-state index in [1.807, 2.05) is 0 Å². The molecule has 0 saturated carbocycles. The molecule has 0 bridgehead atoms. The monoisotopic (exact) mass is 337 g/mol. The number of piperazine rings is 1. The molecule has 1 aromatic rings. The van der Waals surface area contributed by atoms with Crippen molar-refractivity contribution in [1.29, 1.82) is 5.26 Å². The number of benzene rings is 1. The smallest absolute Gasteiger partial charge is 0.243 e. The number of sulfonamides is 1. The summed E-state index contributed by atoms with van der Waals surface area (Å²) in [4.78, 5) is 12.5. The number of nitriles is 1. The zero-order valence-corrected chi connectivity index (χ0v) is 13.9. The quantitative estimate of drug-likeness (QED) is 0.754. The predicted octanol–water partition coefficient (Wildman–Crippen LogP) is -0.552. The van der Waals surface area contributed by atoms with Gasteiger partial charge < -0.3 is 10.2 Å². The van der Waals surface area contributed by atoms with Gasteiger partial charge in [-0.25, -0.2) is 8.42 Å². The van der Waals surface area contributed by atoms with Gasteiger partial charge in [-0.3, -0.25) is 4.79 Å². The van der Waals surface area contributed by atoms with Gasteiger partial charge in [-0.1, -0.05) is 0 Å². The van der Waals surface area contributed by atoms with Gasteiger partial charge in [0.15, 0.2) is 0 Å². The highest BCUT2D eigenvalue weighted by atomic mass is 32.2. The molecule has 8 heteroatoms. The molecular formula is C15H21N4O3S+. The fourth-order valence-electron chi connectivity index (χ4n) is 2.59. The third kappa shape index (κ3) is 4.51. The van der Waals surface area contributed by atoms with Crippen molar-refractivity contribution in [3.8, 4) is 6.07 Å². The van der Waals surface area contributed by atoms with Crippen LogP contribution in [0.1, 0.15) is 13.3 Å². The molecule has 1 aliphatic heterocycles. The van der Waals surface area contributed by atoms with Crippen LogP contribution in [0.2, 0.25) is 0 Å². The van der Waals surface area contributed by atoms with Crippen molar-refractivity contribution in [2.45, 2.75) is 18.2 Å². The van der Waals surface area contributed by atoms with Gasteiger partial charge in [0.1, 0.15) is 0 Å². The molecule has 7 nitrogen and oxygen atoms in total. The van der Waals surface area contributed by atoms with Crippen LogP contribution in [0.4, 0.5) is 5.69 Å². The highest BCUT2D eigenvalue weighted by Crippen LogP contribution is 2.18. The molecule has 0 unspecified atom stereocenters. The summed E-state index contributed by atoms with van der Waals surface area (Å²) in [7, 11) is -3.51. The first kappa shape index (κ1) is 17.4. The Morgan fingerprint density at radius 2 is 1.91 bits per heavy atom. The van der Waals surface area contributed by atoms with Gasteiger partial charge in [0.05, 0.1) is 50.1 Å². The molecule has 0 spiro atoms. The fourth-order valence-corrected chi connectivity index (χ4v) is 4.03. The van der Waals surface area contributed by atoms with Crippen LogP contribution in [0.15, 0.2) is 29.2 Å². The summed E-state index contributed by atoms with van der Waals surface area (Å²) in [5, 5.41) is 11.2. The van der Waals surface area contributed by atoms with E-state index in [0.29, 0.717) is 38.3 Å². The van der Waals surface area contributed by atoms with Crippen LogP contribution in [0.25, 0.3) is 0 Å². The second-order valence-electron chi connectivity index (χ2n) is 5.52. The second-order valence-corrected chi connectivity index (χ2v) is 7.46. The second kappa shape index (κ2) is 7.55. The first-order valence-electron chi connectivity index (χ1n) is 7.52. The van der Waals surface area contributed by atoms with Crippen molar-refractivity contribution in [2.75, 3.05) is 38.0 Å². The van der Waals surface area contributed by atoms with Crippen molar-refractivity contribution in [2.24, 2.45) is 0 Å². The number of nitrogens with one attached hydrogen (secondary N) is 2. The third-order valence-corrected chi connectivity index (χ3v) is 5.75. The zero-order chi connectivity index (χ0) is 16.9. The standard InChI is InChI=1S/C15H20N4O3S/c1-13(20)17-14-3-5-15(6-4-14)23(21,22)19-11-9-18(10-12-19)8-2-7-16/h3-6H,2,8-12H2,1H3,(H,17,20)/p+1. The van der Waals surface area contributed by atoms with E-state index in [1.165, 1.54) is 28.3 Å². The molecular weight excluding hydrogens is 316 g/mol. The van der Waals surface area contributed by atoms with Crippen molar-refractivity contribution >= 4 is 21.6 Å². The summed E-state index contributed by atoms with van der Waals surface area (Å²) in [6.07, 6.45) is 0.493. The minimum absolute atomic E-state index is 0.197. The average Bonchev–Trinajstić information content (AvgIpc) is 2.53. The molecule has 1 heterocycles. The Bertz CT molecular complexity index is 686. The highest BCUT2D eigenvalue weighted by molar-refractivity contribution is 7.89. The predicted molar refractivity (Wildman–Crippen MR) is 85.3 cm³/mol. The van der Waals surface area contributed by atoms with Crippen molar-refractivity contribution in [3.63, 3.8) is 0 Å². The Balaban J connectivity index is 2.02. The molecule has 0 aliphatic carbocycles. The first-order valence-corrected chi connectivity index (χ1v) is 8.96.